The summed E-state index contributed by atoms with van der Waals surface area (Å²) in [6, 6.07) is -0.337. The number of anilines is 2. The molecule has 6 nitrogen and oxygen atoms in total. The summed E-state index contributed by atoms with van der Waals surface area (Å²) in [7, 11) is 1.75. The van der Waals surface area contributed by atoms with E-state index in [0.717, 1.165) is 4.47 Å². The summed E-state index contributed by atoms with van der Waals surface area (Å²) in [6.45, 7) is 7.16. The molecule has 1 unspecified atom stereocenters. The van der Waals surface area contributed by atoms with Crippen LogP contribution in [0, 0.1) is 0 Å². The van der Waals surface area contributed by atoms with Crippen LogP contribution in [0.25, 0.3) is 0 Å². The first-order valence-electron chi connectivity index (χ1n) is 6.29. The molecule has 7 heteroatoms. The van der Waals surface area contributed by atoms with Crippen LogP contribution in [0.3, 0.4) is 0 Å². The molecule has 0 saturated heterocycles. The van der Waals surface area contributed by atoms with Crippen LogP contribution in [-0.2, 0) is 4.79 Å². The van der Waals surface area contributed by atoms with Crippen molar-refractivity contribution in [1.29, 1.82) is 0 Å². The third-order valence-corrected chi connectivity index (χ3v) is 3.35. The van der Waals surface area contributed by atoms with Crippen molar-refractivity contribution < 1.29 is 4.79 Å². The summed E-state index contributed by atoms with van der Waals surface area (Å²) in [6.07, 6.45) is 1.65. The first-order valence-corrected chi connectivity index (χ1v) is 7.08. The van der Waals surface area contributed by atoms with Crippen molar-refractivity contribution in [3.63, 3.8) is 0 Å². The molecule has 19 heavy (non-hydrogen) atoms. The second-order valence-electron chi connectivity index (χ2n) is 4.02. The summed E-state index contributed by atoms with van der Waals surface area (Å²) < 4.78 is 0.727. The van der Waals surface area contributed by atoms with Gasteiger partial charge in [-0.15, -0.1) is 0 Å². The van der Waals surface area contributed by atoms with Crippen LogP contribution in [0.15, 0.2) is 10.7 Å². The quantitative estimate of drug-likeness (QED) is 0.834. The van der Waals surface area contributed by atoms with Crippen molar-refractivity contribution in [1.82, 2.24) is 14.9 Å². The Morgan fingerprint density at radius 1 is 1.47 bits per heavy atom. The number of likely N-dealkylation sites (N-methyl/N-ethyl adjacent to an activating group) is 1. The van der Waals surface area contributed by atoms with Gasteiger partial charge in [0.05, 0.1) is 4.47 Å². The van der Waals surface area contributed by atoms with E-state index in [-0.39, 0.29) is 11.9 Å². The van der Waals surface area contributed by atoms with Crippen molar-refractivity contribution in [2.45, 2.75) is 26.8 Å². The maximum absolute atomic E-state index is 12.2. The van der Waals surface area contributed by atoms with Gasteiger partial charge in [0, 0.05) is 26.3 Å². The van der Waals surface area contributed by atoms with Crippen LogP contribution in [0.2, 0.25) is 0 Å². The van der Waals surface area contributed by atoms with E-state index in [0.29, 0.717) is 24.9 Å². The minimum atomic E-state index is -0.337. The van der Waals surface area contributed by atoms with Gasteiger partial charge in [-0.1, -0.05) is 0 Å². The van der Waals surface area contributed by atoms with Gasteiger partial charge in [0.1, 0.15) is 11.9 Å². The average Bonchev–Trinajstić information content (AvgIpc) is 2.42. The number of nitrogens with one attached hydrogen (secondary N) is 2. The van der Waals surface area contributed by atoms with Crippen molar-refractivity contribution in [2.24, 2.45) is 0 Å². The van der Waals surface area contributed by atoms with Crippen molar-refractivity contribution in [2.75, 3.05) is 30.8 Å². The maximum Gasteiger partial charge on any atom is 0.244 e. The summed E-state index contributed by atoms with van der Waals surface area (Å²) in [5.74, 6) is 1.17. The van der Waals surface area contributed by atoms with E-state index in [9.17, 15) is 4.79 Å². The zero-order valence-electron chi connectivity index (χ0n) is 11.7. The molecule has 0 radical (unpaired) electrons. The summed E-state index contributed by atoms with van der Waals surface area (Å²) in [5, 5.41) is 5.97. The summed E-state index contributed by atoms with van der Waals surface area (Å²) in [5.41, 5.74) is 0. The zero-order valence-corrected chi connectivity index (χ0v) is 13.3. The predicted molar refractivity (Wildman–Crippen MR) is 80.3 cm³/mol. The number of halogens is 1. The number of carbonyl (C=O) groups excluding carboxylic acids is 1. The van der Waals surface area contributed by atoms with Crippen LogP contribution in [0.1, 0.15) is 20.8 Å². The number of hydrogen-bond acceptors (Lipinski definition) is 5. The molecule has 0 fully saturated rings. The van der Waals surface area contributed by atoms with Crippen LogP contribution < -0.4 is 10.6 Å². The first-order chi connectivity index (χ1) is 9.03. The van der Waals surface area contributed by atoms with Gasteiger partial charge in [-0.2, -0.15) is 4.98 Å². The second kappa shape index (κ2) is 7.28. The molecule has 1 atom stereocenters. The molecule has 1 aromatic rings. The van der Waals surface area contributed by atoms with Gasteiger partial charge in [-0.05, 0) is 36.7 Å². The van der Waals surface area contributed by atoms with Crippen LogP contribution in [0.4, 0.5) is 11.8 Å². The summed E-state index contributed by atoms with van der Waals surface area (Å²) >= 11 is 3.37. The average molecular weight is 330 g/mol. The van der Waals surface area contributed by atoms with Crippen molar-refractivity contribution >= 4 is 33.6 Å². The molecule has 0 saturated carbocycles. The highest BCUT2D eigenvalue weighted by molar-refractivity contribution is 9.10. The molecule has 1 aromatic heterocycles. The van der Waals surface area contributed by atoms with E-state index >= 15 is 0 Å². The van der Waals surface area contributed by atoms with E-state index in [2.05, 4.69) is 36.5 Å². The van der Waals surface area contributed by atoms with Crippen molar-refractivity contribution in [3.8, 4) is 0 Å². The largest absolute Gasteiger partial charge is 0.358 e. The number of nitrogens with zero attached hydrogens (tertiary/aromatic N) is 3. The van der Waals surface area contributed by atoms with Crippen LogP contribution >= 0.6 is 15.9 Å². The Morgan fingerprint density at radius 3 is 2.63 bits per heavy atom. The zero-order chi connectivity index (χ0) is 14.4. The Morgan fingerprint density at radius 2 is 2.11 bits per heavy atom. The molecule has 0 bridgehead atoms. The molecule has 0 aliphatic heterocycles. The van der Waals surface area contributed by atoms with Gasteiger partial charge in [0.2, 0.25) is 11.9 Å². The fourth-order valence-corrected chi connectivity index (χ4v) is 1.97. The van der Waals surface area contributed by atoms with E-state index < -0.39 is 0 Å². The minimum absolute atomic E-state index is 0.0570. The monoisotopic (exact) mass is 329 g/mol. The molecule has 0 aliphatic carbocycles. The van der Waals surface area contributed by atoms with Crippen molar-refractivity contribution in [3.05, 3.63) is 10.7 Å². The van der Waals surface area contributed by atoms with E-state index in [4.69, 9.17) is 0 Å². The number of hydrogen-bond donors (Lipinski definition) is 2. The lowest BCUT2D eigenvalue weighted by Gasteiger charge is -2.24. The number of carbonyl (C=O) groups is 1. The molecule has 0 aliphatic rings. The van der Waals surface area contributed by atoms with Crippen LogP contribution in [-0.4, -0.2) is 47.0 Å². The number of rotatable bonds is 6. The SMILES string of the molecule is CCN(CC)C(=O)C(C)Nc1nc(NC)ncc1Br. The van der Waals surface area contributed by atoms with Crippen LogP contribution in [0.5, 0.6) is 0 Å². The highest BCUT2D eigenvalue weighted by Crippen LogP contribution is 2.21. The predicted octanol–water partition coefficient (Wildman–Crippen LogP) is 1.95. The number of aromatic nitrogens is 2. The molecule has 2 N–H and O–H groups in total. The Kier molecular flexibility index (Phi) is 6.01. The lowest BCUT2D eigenvalue weighted by molar-refractivity contribution is -0.131. The maximum atomic E-state index is 12.2. The lowest BCUT2D eigenvalue weighted by atomic mass is 10.2. The molecule has 1 heterocycles. The van der Waals surface area contributed by atoms with Gasteiger partial charge in [0.25, 0.3) is 0 Å². The molecular weight excluding hydrogens is 310 g/mol. The third kappa shape index (κ3) is 4.05. The van der Waals surface area contributed by atoms with E-state index in [1.54, 1.807) is 18.1 Å². The Bertz CT molecular complexity index is 436. The van der Waals surface area contributed by atoms with E-state index in [1.165, 1.54) is 0 Å². The Labute approximate surface area is 122 Å². The fraction of sp³-hybridized carbons (Fsp3) is 0.583. The lowest BCUT2D eigenvalue weighted by Crippen LogP contribution is -2.41. The second-order valence-corrected chi connectivity index (χ2v) is 4.87. The first kappa shape index (κ1) is 15.7. The summed E-state index contributed by atoms with van der Waals surface area (Å²) in [4.78, 5) is 22.3. The standard InChI is InChI=1S/C12H20BrN5O/c1-5-18(6-2)11(19)8(3)16-10-9(13)7-15-12(14-4)17-10/h7-8H,5-6H2,1-4H3,(H2,14,15,16,17). The van der Waals surface area contributed by atoms with Gasteiger partial charge in [0.15, 0.2) is 0 Å². The molecular formula is C12H20BrN5O. The molecule has 1 amide bonds. The van der Waals surface area contributed by atoms with Gasteiger partial charge in [-0.3, -0.25) is 4.79 Å². The molecule has 106 valence electrons. The third-order valence-electron chi connectivity index (χ3n) is 2.77. The topological polar surface area (TPSA) is 70.2 Å². The fourth-order valence-electron chi connectivity index (χ4n) is 1.66. The Balaban J connectivity index is 2.81. The molecule has 1 rings (SSSR count). The molecule has 0 spiro atoms. The van der Waals surface area contributed by atoms with Gasteiger partial charge < -0.3 is 15.5 Å². The van der Waals surface area contributed by atoms with Gasteiger partial charge >= 0.3 is 0 Å². The van der Waals surface area contributed by atoms with Gasteiger partial charge in [-0.25, -0.2) is 4.98 Å². The highest BCUT2D eigenvalue weighted by atomic mass is 79.9. The normalized spacial score (nSPS) is 11.8. The minimum Gasteiger partial charge on any atom is -0.358 e. The highest BCUT2D eigenvalue weighted by Gasteiger charge is 2.19. The smallest absolute Gasteiger partial charge is 0.244 e. The molecule has 0 aromatic carbocycles. The van der Waals surface area contributed by atoms with E-state index in [1.807, 2.05) is 20.8 Å². The Hall–Kier alpha value is -1.37. The number of amides is 1.